The van der Waals surface area contributed by atoms with E-state index >= 15 is 0 Å². The Morgan fingerprint density at radius 1 is 1.33 bits per heavy atom. The van der Waals surface area contributed by atoms with Gasteiger partial charge in [-0.3, -0.25) is 9.69 Å². The van der Waals surface area contributed by atoms with Gasteiger partial charge in [0.05, 0.1) is 6.54 Å². The van der Waals surface area contributed by atoms with Crippen molar-refractivity contribution in [2.75, 3.05) is 13.1 Å². The lowest BCUT2D eigenvalue weighted by molar-refractivity contribution is -0.139. The Balaban J connectivity index is 1.76. The van der Waals surface area contributed by atoms with Crippen LogP contribution in [0.25, 0.3) is 0 Å². The first kappa shape index (κ1) is 15.9. The molecule has 0 aromatic heterocycles. The lowest BCUT2D eigenvalue weighted by Crippen LogP contribution is -2.53. The third-order valence-electron chi connectivity index (χ3n) is 3.89. The summed E-state index contributed by atoms with van der Waals surface area (Å²) in [4.78, 5) is 12.7. The van der Waals surface area contributed by atoms with E-state index in [4.69, 9.17) is 5.11 Å². The molecule has 0 heterocycles. The van der Waals surface area contributed by atoms with Crippen molar-refractivity contribution in [1.29, 1.82) is 0 Å². The van der Waals surface area contributed by atoms with E-state index in [9.17, 15) is 13.6 Å². The zero-order valence-corrected chi connectivity index (χ0v) is 12.0. The van der Waals surface area contributed by atoms with Crippen LogP contribution in [0.5, 0.6) is 0 Å². The topological polar surface area (TPSA) is 52.6 Å². The summed E-state index contributed by atoms with van der Waals surface area (Å²) in [6.07, 6.45) is 1.72. The molecule has 1 aromatic rings. The number of nitrogens with one attached hydrogen (secondary N) is 1. The molecule has 0 bridgehead atoms. The van der Waals surface area contributed by atoms with Crippen LogP contribution in [0.2, 0.25) is 0 Å². The minimum Gasteiger partial charge on any atom is -0.480 e. The molecule has 1 aromatic carbocycles. The summed E-state index contributed by atoms with van der Waals surface area (Å²) in [6, 6.07) is 4.02. The number of hydrogen-bond donors (Lipinski definition) is 2. The molecule has 0 atom stereocenters. The molecule has 4 nitrogen and oxygen atoms in total. The quantitative estimate of drug-likeness (QED) is 0.808. The number of halogens is 2. The molecule has 0 spiro atoms. The van der Waals surface area contributed by atoms with Crippen molar-refractivity contribution in [3.8, 4) is 0 Å². The zero-order chi connectivity index (χ0) is 15.4. The molecular formula is C15H20F2N2O2. The molecule has 0 unspecified atom stereocenters. The van der Waals surface area contributed by atoms with Crippen LogP contribution in [0.1, 0.15) is 25.3 Å². The van der Waals surface area contributed by atoms with Crippen molar-refractivity contribution in [2.24, 2.45) is 0 Å². The summed E-state index contributed by atoms with van der Waals surface area (Å²) in [6.45, 7) is 3.12. The van der Waals surface area contributed by atoms with Crippen molar-refractivity contribution in [1.82, 2.24) is 10.2 Å². The lowest BCUT2D eigenvalue weighted by atomic mass is 9.85. The summed E-state index contributed by atoms with van der Waals surface area (Å²) < 4.78 is 26.1. The van der Waals surface area contributed by atoms with E-state index in [1.807, 2.05) is 11.8 Å². The number of likely N-dealkylation sites (N-methyl/N-ethyl adjacent to an activating group) is 1. The van der Waals surface area contributed by atoms with Crippen molar-refractivity contribution in [2.45, 2.75) is 38.4 Å². The van der Waals surface area contributed by atoms with Crippen LogP contribution in [0.4, 0.5) is 8.78 Å². The van der Waals surface area contributed by atoms with Gasteiger partial charge >= 0.3 is 5.97 Å². The second-order valence-electron chi connectivity index (χ2n) is 5.44. The number of benzene rings is 1. The summed E-state index contributed by atoms with van der Waals surface area (Å²) in [5, 5.41) is 12.1. The smallest absolute Gasteiger partial charge is 0.317 e. The van der Waals surface area contributed by atoms with Crippen LogP contribution in [-0.4, -0.2) is 41.1 Å². The standard InChI is InChI=1S/C15H20F2N2O2/c1-2-19(9-15(20)21)14-6-13(7-14)18-8-10-3-11(16)5-12(17)4-10/h3-5,13-14,18H,2,6-9H2,1H3,(H,20,21). The van der Waals surface area contributed by atoms with Crippen molar-refractivity contribution < 1.29 is 18.7 Å². The van der Waals surface area contributed by atoms with Crippen LogP contribution in [-0.2, 0) is 11.3 Å². The largest absolute Gasteiger partial charge is 0.480 e. The van der Waals surface area contributed by atoms with E-state index in [2.05, 4.69) is 5.32 Å². The van der Waals surface area contributed by atoms with Gasteiger partial charge < -0.3 is 10.4 Å². The summed E-state index contributed by atoms with van der Waals surface area (Å²) in [7, 11) is 0. The van der Waals surface area contributed by atoms with Gasteiger partial charge in [-0.15, -0.1) is 0 Å². The Labute approximate surface area is 122 Å². The van der Waals surface area contributed by atoms with Crippen LogP contribution in [0.15, 0.2) is 18.2 Å². The van der Waals surface area contributed by atoms with Crippen LogP contribution < -0.4 is 5.32 Å². The maximum absolute atomic E-state index is 13.1. The molecule has 2 N–H and O–H groups in total. The molecule has 21 heavy (non-hydrogen) atoms. The van der Waals surface area contributed by atoms with Crippen molar-refractivity contribution in [3.05, 3.63) is 35.4 Å². The van der Waals surface area contributed by atoms with E-state index < -0.39 is 17.6 Å². The monoisotopic (exact) mass is 298 g/mol. The average molecular weight is 298 g/mol. The van der Waals surface area contributed by atoms with E-state index in [1.165, 1.54) is 12.1 Å². The Bertz CT molecular complexity index is 484. The van der Waals surface area contributed by atoms with Gasteiger partial charge in [0.15, 0.2) is 0 Å². The highest BCUT2D eigenvalue weighted by Gasteiger charge is 2.33. The molecule has 0 radical (unpaired) electrons. The molecule has 1 aliphatic rings. The molecule has 1 aliphatic carbocycles. The predicted octanol–water partition coefficient (Wildman–Crippen LogP) is 1.99. The minimum absolute atomic E-state index is 0.0585. The van der Waals surface area contributed by atoms with Gasteiger partial charge in [0, 0.05) is 24.7 Å². The molecule has 1 fully saturated rings. The maximum atomic E-state index is 13.1. The molecule has 116 valence electrons. The minimum atomic E-state index is -0.816. The highest BCUT2D eigenvalue weighted by atomic mass is 19.1. The Hall–Kier alpha value is -1.53. The van der Waals surface area contributed by atoms with Crippen LogP contribution in [0, 0.1) is 11.6 Å². The van der Waals surface area contributed by atoms with E-state index in [0.29, 0.717) is 18.7 Å². The summed E-state index contributed by atoms with van der Waals surface area (Å²) in [5.74, 6) is -1.96. The first-order chi connectivity index (χ1) is 9.97. The SMILES string of the molecule is CCN(CC(=O)O)C1CC(NCc2cc(F)cc(F)c2)C1. The second kappa shape index (κ2) is 6.95. The fourth-order valence-corrected chi connectivity index (χ4v) is 2.70. The maximum Gasteiger partial charge on any atom is 0.317 e. The second-order valence-corrected chi connectivity index (χ2v) is 5.44. The first-order valence-electron chi connectivity index (χ1n) is 7.12. The Kier molecular flexibility index (Phi) is 5.25. The van der Waals surface area contributed by atoms with Gasteiger partial charge in [-0.1, -0.05) is 6.92 Å². The highest BCUT2D eigenvalue weighted by molar-refractivity contribution is 5.69. The molecule has 6 heteroatoms. The van der Waals surface area contributed by atoms with Crippen LogP contribution in [0.3, 0.4) is 0 Å². The number of hydrogen-bond acceptors (Lipinski definition) is 3. The average Bonchev–Trinajstić information content (AvgIpc) is 2.33. The van der Waals surface area contributed by atoms with Crippen LogP contribution >= 0.6 is 0 Å². The molecule has 0 amide bonds. The third-order valence-corrected chi connectivity index (χ3v) is 3.89. The number of nitrogens with zero attached hydrogens (tertiary/aromatic N) is 1. The van der Waals surface area contributed by atoms with Crippen molar-refractivity contribution >= 4 is 5.97 Å². The zero-order valence-electron chi connectivity index (χ0n) is 12.0. The fourth-order valence-electron chi connectivity index (χ4n) is 2.70. The van der Waals surface area contributed by atoms with Crippen molar-refractivity contribution in [3.63, 3.8) is 0 Å². The number of rotatable bonds is 7. The van der Waals surface area contributed by atoms with Gasteiger partial charge in [0.25, 0.3) is 0 Å². The number of carbonyl (C=O) groups is 1. The van der Waals surface area contributed by atoms with E-state index in [1.54, 1.807) is 0 Å². The fraction of sp³-hybridized carbons (Fsp3) is 0.533. The Morgan fingerprint density at radius 3 is 2.48 bits per heavy atom. The molecular weight excluding hydrogens is 278 g/mol. The molecule has 0 aliphatic heterocycles. The third kappa shape index (κ3) is 4.47. The molecule has 0 saturated heterocycles. The Morgan fingerprint density at radius 2 is 1.95 bits per heavy atom. The summed E-state index contributed by atoms with van der Waals surface area (Å²) in [5.41, 5.74) is 0.578. The van der Waals surface area contributed by atoms with E-state index in [0.717, 1.165) is 18.9 Å². The number of carboxylic acid groups (broad SMARTS) is 1. The first-order valence-corrected chi connectivity index (χ1v) is 7.12. The molecule has 1 saturated carbocycles. The van der Waals surface area contributed by atoms with Gasteiger partial charge in [0.2, 0.25) is 0 Å². The molecule has 2 rings (SSSR count). The number of carboxylic acids is 1. The van der Waals surface area contributed by atoms with Gasteiger partial charge in [-0.25, -0.2) is 8.78 Å². The predicted molar refractivity (Wildman–Crippen MR) is 74.9 cm³/mol. The lowest BCUT2D eigenvalue weighted by Gasteiger charge is -2.42. The number of aliphatic carboxylic acids is 1. The van der Waals surface area contributed by atoms with E-state index in [-0.39, 0.29) is 18.6 Å². The van der Waals surface area contributed by atoms with Gasteiger partial charge in [-0.05, 0) is 37.1 Å². The normalized spacial score (nSPS) is 21.3. The van der Waals surface area contributed by atoms with Gasteiger partial charge in [0.1, 0.15) is 11.6 Å². The van der Waals surface area contributed by atoms with Gasteiger partial charge in [-0.2, -0.15) is 0 Å². The summed E-state index contributed by atoms with van der Waals surface area (Å²) >= 11 is 0. The highest BCUT2D eigenvalue weighted by Crippen LogP contribution is 2.25.